The molecule has 3 rings (SSSR count). The van der Waals surface area contributed by atoms with Gasteiger partial charge in [-0.1, -0.05) is 12.1 Å². The fourth-order valence-corrected chi connectivity index (χ4v) is 2.31. The smallest absolute Gasteiger partial charge is 0.299 e. The molecule has 1 amide bonds. The summed E-state index contributed by atoms with van der Waals surface area (Å²) in [7, 11) is 0. The second-order valence-electron chi connectivity index (χ2n) is 4.53. The van der Waals surface area contributed by atoms with Crippen molar-refractivity contribution >= 4 is 17.4 Å². The molecule has 1 aliphatic rings. The molecule has 0 bridgehead atoms. The van der Waals surface area contributed by atoms with E-state index in [1.165, 1.54) is 23.1 Å². The summed E-state index contributed by atoms with van der Waals surface area (Å²) in [6, 6.07) is 7.83. The van der Waals surface area contributed by atoms with Gasteiger partial charge in [-0.2, -0.15) is 0 Å². The average Bonchev–Trinajstić information content (AvgIpc) is 2.72. The largest absolute Gasteiger partial charge is 0.302 e. The zero-order valence-electron chi connectivity index (χ0n) is 10.5. The Morgan fingerprint density at radius 1 is 1.15 bits per heavy atom. The van der Waals surface area contributed by atoms with E-state index >= 15 is 0 Å². The fourth-order valence-electron chi connectivity index (χ4n) is 2.31. The lowest BCUT2D eigenvalue weighted by Gasteiger charge is -2.16. The normalized spacial score (nSPS) is 13.8. The van der Waals surface area contributed by atoms with Crippen LogP contribution in [-0.4, -0.2) is 23.2 Å². The van der Waals surface area contributed by atoms with Gasteiger partial charge in [0.15, 0.2) is 0 Å². The molecule has 1 aliphatic heterocycles. The van der Waals surface area contributed by atoms with Crippen LogP contribution < -0.4 is 4.90 Å². The summed E-state index contributed by atoms with van der Waals surface area (Å²) in [4.78, 5) is 28.9. The van der Waals surface area contributed by atoms with Crippen LogP contribution in [-0.2, 0) is 11.2 Å². The highest BCUT2D eigenvalue weighted by Gasteiger charge is 2.37. The van der Waals surface area contributed by atoms with Crippen molar-refractivity contribution in [3.8, 4) is 0 Å². The molecule has 0 spiro atoms. The van der Waals surface area contributed by atoms with Crippen LogP contribution in [0, 0.1) is 5.82 Å². The molecule has 0 fully saturated rings. The molecule has 1 aromatic carbocycles. The lowest BCUT2D eigenvalue weighted by atomic mass is 10.1. The highest BCUT2D eigenvalue weighted by Crippen LogP contribution is 2.31. The van der Waals surface area contributed by atoms with E-state index in [9.17, 15) is 14.0 Å². The Kier molecular flexibility index (Phi) is 3.02. The number of halogens is 1. The first-order valence-electron chi connectivity index (χ1n) is 6.22. The number of Topliss-reactive ketones (excluding diaryl/α,β-unsaturated/α-hetero) is 1. The molecule has 20 heavy (non-hydrogen) atoms. The Hall–Kier alpha value is -2.56. The maximum atomic E-state index is 13.9. The van der Waals surface area contributed by atoms with Crippen LogP contribution in [0.25, 0.3) is 0 Å². The van der Waals surface area contributed by atoms with Crippen LogP contribution in [0.3, 0.4) is 0 Å². The predicted octanol–water partition coefficient (Wildman–Crippen LogP) is 1.99. The summed E-state index contributed by atoms with van der Waals surface area (Å²) in [5.41, 5.74) is 1.16. The van der Waals surface area contributed by atoms with Gasteiger partial charge in [-0.15, -0.1) is 0 Å². The second kappa shape index (κ2) is 4.85. The molecule has 1 aromatic heterocycles. The van der Waals surface area contributed by atoms with Crippen molar-refractivity contribution in [3.05, 3.63) is 59.7 Å². The summed E-state index contributed by atoms with van der Waals surface area (Å²) >= 11 is 0. The molecule has 0 saturated carbocycles. The minimum atomic E-state index is -0.672. The summed E-state index contributed by atoms with van der Waals surface area (Å²) in [5.74, 6) is -1.87. The van der Waals surface area contributed by atoms with Crippen LogP contribution in [0.5, 0.6) is 0 Å². The molecular weight excluding hydrogens is 259 g/mol. The number of benzene rings is 1. The van der Waals surface area contributed by atoms with Gasteiger partial charge in [0.1, 0.15) is 5.82 Å². The number of amides is 1. The van der Waals surface area contributed by atoms with E-state index in [-0.39, 0.29) is 17.8 Å². The maximum Gasteiger partial charge on any atom is 0.299 e. The number of hydrogen-bond acceptors (Lipinski definition) is 3. The zero-order valence-corrected chi connectivity index (χ0v) is 10.5. The highest BCUT2D eigenvalue weighted by atomic mass is 19.1. The molecule has 0 atom stereocenters. The quantitative estimate of drug-likeness (QED) is 0.801. The number of hydrogen-bond donors (Lipinski definition) is 0. The minimum absolute atomic E-state index is 0.0893. The van der Waals surface area contributed by atoms with E-state index in [4.69, 9.17) is 0 Å². The highest BCUT2D eigenvalue weighted by molar-refractivity contribution is 6.52. The van der Waals surface area contributed by atoms with Gasteiger partial charge in [-0.25, -0.2) is 4.39 Å². The second-order valence-corrected chi connectivity index (χ2v) is 4.53. The molecule has 100 valence electrons. The van der Waals surface area contributed by atoms with Crippen LogP contribution in [0.2, 0.25) is 0 Å². The molecule has 5 heteroatoms. The van der Waals surface area contributed by atoms with Gasteiger partial charge >= 0.3 is 0 Å². The van der Waals surface area contributed by atoms with Crippen LogP contribution in [0.15, 0.2) is 42.7 Å². The summed E-state index contributed by atoms with van der Waals surface area (Å²) in [5, 5.41) is 0. The van der Waals surface area contributed by atoms with Gasteiger partial charge in [-0.3, -0.25) is 14.6 Å². The van der Waals surface area contributed by atoms with Crippen molar-refractivity contribution in [1.29, 1.82) is 0 Å². The average molecular weight is 270 g/mol. The van der Waals surface area contributed by atoms with Gasteiger partial charge < -0.3 is 4.90 Å². The Labute approximate surface area is 114 Å². The van der Waals surface area contributed by atoms with Gasteiger partial charge in [0, 0.05) is 18.9 Å². The Balaban J connectivity index is 1.88. The van der Waals surface area contributed by atoms with Crippen molar-refractivity contribution in [1.82, 2.24) is 4.98 Å². The van der Waals surface area contributed by atoms with E-state index < -0.39 is 17.5 Å². The summed E-state index contributed by atoms with van der Waals surface area (Å²) in [6.07, 6.45) is 3.86. The number of nitrogens with zero attached hydrogens (tertiary/aromatic N) is 2. The number of aromatic nitrogens is 1. The number of carbonyl (C=O) groups excluding carboxylic acids is 2. The number of fused-ring (bicyclic) bond motifs is 1. The molecule has 2 heterocycles. The van der Waals surface area contributed by atoms with Gasteiger partial charge in [0.05, 0.1) is 11.3 Å². The zero-order chi connectivity index (χ0) is 14.1. The van der Waals surface area contributed by atoms with Crippen LogP contribution >= 0.6 is 0 Å². The Bertz CT molecular complexity index is 686. The predicted molar refractivity (Wildman–Crippen MR) is 71.0 cm³/mol. The van der Waals surface area contributed by atoms with Crippen molar-refractivity contribution in [3.63, 3.8) is 0 Å². The molecule has 0 aliphatic carbocycles. The number of ketones is 1. The van der Waals surface area contributed by atoms with E-state index in [0.717, 1.165) is 5.56 Å². The van der Waals surface area contributed by atoms with Gasteiger partial charge in [0.25, 0.3) is 11.7 Å². The van der Waals surface area contributed by atoms with Crippen molar-refractivity contribution in [2.75, 3.05) is 11.4 Å². The lowest BCUT2D eigenvalue weighted by molar-refractivity contribution is -0.114. The number of rotatable bonds is 3. The molecule has 2 aromatic rings. The molecule has 0 N–H and O–H groups in total. The summed E-state index contributed by atoms with van der Waals surface area (Å²) < 4.78 is 13.9. The Morgan fingerprint density at radius 3 is 2.75 bits per heavy atom. The monoisotopic (exact) mass is 270 g/mol. The van der Waals surface area contributed by atoms with Gasteiger partial charge in [-0.05, 0) is 30.2 Å². The topological polar surface area (TPSA) is 50.3 Å². The molecule has 0 radical (unpaired) electrons. The van der Waals surface area contributed by atoms with Crippen LogP contribution in [0.1, 0.15) is 15.9 Å². The first-order chi connectivity index (χ1) is 9.68. The third kappa shape index (κ3) is 1.97. The van der Waals surface area contributed by atoms with Crippen molar-refractivity contribution < 1.29 is 14.0 Å². The lowest BCUT2D eigenvalue weighted by Crippen LogP contribution is -2.32. The van der Waals surface area contributed by atoms with E-state index in [2.05, 4.69) is 4.98 Å². The third-order valence-electron chi connectivity index (χ3n) is 3.29. The molecule has 4 nitrogen and oxygen atoms in total. The van der Waals surface area contributed by atoms with Crippen molar-refractivity contribution in [2.24, 2.45) is 0 Å². The number of carbonyl (C=O) groups is 2. The van der Waals surface area contributed by atoms with E-state index in [1.54, 1.807) is 18.5 Å². The summed E-state index contributed by atoms with van der Waals surface area (Å²) in [6.45, 7) is 0.254. The van der Waals surface area contributed by atoms with Gasteiger partial charge in [0.2, 0.25) is 0 Å². The SMILES string of the molecule is O=C1C(=O)N(CCc2cccnc2)c2c(F)cccc21. The molecular formula is C15H11FN2O2. The first kappa shape index (κ1) is 12.5. The Morgan fingerprint density at radius 2 is 2.00 bits per heavy atom. The minimum Gasteiger partial charge on any atom is -0.302 e. The van der Waals surface area contributed by atoms with E-state index in [0.29, 0.717) is 6.42 Å². The third-order valence-corrected chi connectivity index (χ3v) is 3.29. The van der Waals surface area contributed by atoms with Crippen molar-refractivity contribution in [2.45, 2.75) is 6.42 Å². The maximum absolute atomic E-state index is 13.9. The van der Waals surface area contributed by atoms with Crippen LogP contribution in [0.4, 0.5) is 10.1 Å². The number of anilines is 1. The number of para-hydroxylation sites is 1. The number of pyridine rings is 1. The fraction of sp³-hybridized carbons (Fsp3) is 0.133. The first-order valence-corrected chi connectivity index (χ1v) is 6.22. The van der Waals surface area contributed by atoms with E-state index in [1.807, 2.05) is 6.07 Å². The standard InChI is InChI=1S/C15H11FN2O2/c16-12-5-1-4-11-13(12)18(15(20)14(11)19)8-6-10-3-2-7-17-9-10/h1-5,7,9H,6,8H2. The molecule has 0 saturated heterocycles. The molecule has 0 unspecified atom stereocenters.